The maximum Gasteiger partial charge on any atom is 0.126 e. The lowest BCUT2D eigenvalue weighted by atomic mass is 10.2. The van der Waals surface area contributed by atoms with Gasteiger partial charge >= 0.3 is 0 Å². The highest BCUT2D eigenvalue weighted by molar-refractivity contribution is 6.39. The van der Waals surface area contributed by atoms with Crippen LogP contribution in [0.25, 0.3) is 0 Å². The number of nitrogens with two attached hydrogens (primary N) is 1. The van der Waals surface area contributed by atoms with Crippen LogP contribution in [-0.4, -0.2) is 14.7 Å². The van der Waals surface area contributed by atoms with Crippen molar-refractivity contribution < 1.29 is 4.39 Å². The Morgan fingerprint density at radius 3 is 2.43 bits per heavy atom. The Morgan fingerprint density at radius 2 is 1.93 bits per heavy atom. The largest absolute Gasteiger partial charge is 0.329 e. The molecule has 2 N–H and O–H groups in total. The lowest BCUT2D eigenvalue weighted by Crippen LogP contribution is -2.40. The van der Waals surface area contributed by atoms with E-state index >= 15 is 0 Å². The minimum Gasteiger partial charge on any atom is -0.329 e. The van der Waals surface area contributed by atoms with Gasteiger partial charge in [-0.25, -0.2) is 4.39 Å². The molecule has 0 amide bonds. The number of hydrogen-bond acceptors (Lipinski definition) is 1. The second kappa shape index (κ2) is 5.49. The van der Waals surface area contributed by atoms with Gasteiger partial charge in [-0.3, -0.25) is 0 Å². The second-order valence-electron chi connectivity index (χ2n) is 3.67. The topological polar surface area (TPSA) is 26.0 Å². The molecule has 1 nitrogen and oxygen atoms in total. The van der Waals surface area contributed by atoms with E-state index in [4.69, 9.17) is 5.73 Å². The molecule has 1 rings (SSSR count). The van der Waals surface area contributed by atoms with E-state index in [9.17, 15) is 4.39 Å². The molecule has 0 fully saturated rings. The van der Waals surface area contributed by atoms with Crippen LogP contribution in [0.1, 0.15) is 19.4 Å². The van der Waals surface area contributed by atoms with Crippen molar-refractivity contribution in [3.63, 3.8) is 0 Å². The molecule has 4 heteroatoms. The van der Waals surface area contributed by atoms with E-state index in [2.05, 4.69) is 0 Å². The van der Waals surface area contributed by atoms with Gasteiger partial charge in [-0.05, 0) is 22.8 Å². The molecule has 0 saturated carbocycles. The van der Waals surface area contributed by atoms with E-state index in [1.165, 1.54) is 6.07 Å². The Labute approximate surface area is 93.1 Å². The predicted octanol–water partition coefficient (Wildman–Crippen LogP) is 2.15. The molecule has 0 unspecified atom stereocenters. The van der Waals surface area contributed by atoms with Gasteiger partial charge < -0.3 is 5.73 Å². The number of rotatable bonds is 3. The fourth-order valence-corrected chi connectivity index (χ4v) is 1.90. The molecular formula is C10H15ClFNSi. The van der Waals surface area contributed by atoms with E-state index < -0.39 is 0 Å². The highest BCUT2D eigenvalue weighted by Gasteiger charge is 2.12. The zero-order chi connectivity index (χ0) is 9.90. The van der Waals surface area contributed by atoms with Gasteiger partial charge in [0, 0.05) is 0 Å². The molecule has 0 aliphatic rings. The smallest absolute Gasteiger partial charge is 0.126 e. The molecule has 1 aromatic rings. The van der Waals surface area contributed by atoms with Crippen LogP contribution >= 0.6 is 12.4 Å². The number of benzene rings is 1. The second-order valence-corrected chi connectivity index (χ2v) is 5.66. The van der Waals surface area contributed by atoms with Crippen molar-refractivity contribution in [3.8, 4) is 0 Å². The van der Waals surface area contributed by atoms with Crippen LogP contribution in [0, 0.1) is 5.82 Å². The third-order valence-electron chi connectivity index (χ3n) is 1.69. The van der Waals surface area contributed by atoms with E-state index in [1.807, 2.05) is 26.0 Å². The molecule has 0 heterocycles. The summed E-state index contributed by atoms with van der Waals surface area (Å²) in [6, 6.07) is 7.59. The van der Waals surface area contributed by atoms with E-state index in [-0.39, 0.29) is 23.4 Å². The van der Waals surface area contributed by atoms with E-state index in [0.29, 0.717) is 9.52 Å². The van der Waals surface area contributed by atoms with Crippen LogP contribution in [0.2, 0.25) is 0 Å². The monoisotopic (exact) mass is 231 g/mol. The van der Waals surface area contributed by atoms with Crippen LogP contribution < -0.4 is 5.73 Å². The molecule has 0 saturated heterocycles. The van der Waals surface area contributed by atoms with Crippen LogP contribution in [0.5, 0.6) is 0 Å². The number of hydrogen-bond donors (Lipinski definition) is 1. The fraction of sp³-hybridized carbons (Fsp3) is 0.400. The van der Waals surface area contributed by atoms with Gasteiger partial charge in [0.05, 0.1) is 9.52 Å². The Bertz CT molecular complexity index is 286. The molecule has 0 bridgehead atoms. The summed E-state index contributed by atoms with van der Waals surface area (Å²) >= 11 is 0. The molecule has 0 spiro atoms. The quantitative estimate of drug-likeness (QED) is 0.793. The van der Waals surface area contributed by atoms with Gasteiger partial charge in [-0.1, -0.05) is 32.0 Å². The van der Waals surface area contributed by atoms with Crippen molar-refractivity contribution in [1.29, 1.82) is 0 Å². The maximum atomic E-state index is 13.1. The van der Waals surface area contributed by atoms with Crippen molar-refractivity contribution >= 4 is 21.9 Å². The molecule has 0 aromatic heterocycles. The van der Waals surface area contributed by atoms with Crippen molar-refractivity contribution in [2.75, 3.05) is 0 Å². The van der Waals surface area contributed by atoms with Gasteiger partial charge in [0.1, 0.15) is 5.82 Å². The first-order chi connectivity index (χ1) is 5.99. The van der Waals surface area contributed by atoms with Crippen molar-refractivity contribution in [2.24, 2.45) is 5.73 Å². The van der Waals surface area contributed by atoms with Gasteiger partial charge in [-0.2, -0.15) is 0 Å². The Kier molecular flexibility index (Phi) is 5.34. The Balaban J connectivity index is 0.00000169. The average Bonchev–Trinajstić information content (AvgIpc) is 2.01. The Morgan fingerprint density at radius 1 is 1.36 bits per heavy atom. The van der Waals surface area contributed by atoms with Crippen LogP contribution in [0.4, 0.5) is 4.39 Å². The standard InChI is InChI=1S/C10H14FNSi.ClH/c1-10(2,12)13-7-8-5-3-4-6-9(8)11;/h3-6H,7,12H2,1-2H3;1H. The van der Waals surface area contributed by atoms with Gasteiger partial charge in [0.25, 0.3) is 0 Å². The van der Waals surface area contributed by atoms with Crippen LogP contribution in [0.3, 0.4) is 0 Å². The summed E-state index contributed by atoms with van der Waals surface area (Å²) in [6.07, 6.45) is 0. The summed E-state index contributed by atoms with van der Waals surface area (Å²) in [6.45, 7) is 3.93. The van der Waals surface area contributed by atoms with E-state index in [1.54, 1.807) is 6.07 Å². The van der Waals surface area contributed by atoms with E-state index in [0.717, 1.165) is 11.6 Å². The molecule has 0 aliphatic carbocycles. The molecule has 0 aliphatic heterocycles. The zero-order valence-electron chi connectivity index (χ0n) is 8.38. The normalized spacial score (nSPS) is 10.9. The summed E-state index contributed by atoms with van der Waals surface area (Å²) in [5.41, 5.74) is 6.59. The first kappa shape index (κ1) is 13.6. The molecule has 14 heavy (non-hydrogen) atoms. The van der Waals surface area contributed by atoms with Crippen molar-refractivity contribution in [3.05, 3.63) is 35.6 Å². The molecule has 78 valence electrons. The lowest BCUT2D eigenvalue weighted by molar-refractivity contribution is 0.615. The Hall–Kier alpha value is -0.383. The summed E-state index contributed by atoms with van der Waals surface area (Å²) in [5.74, 6) is -0.126. The third kappa shape index (κ3) is 4.74. The predicted molar refractivity (Wildman–Crippen MR) is 61.4 cm³/mol. The first-order valence-electron chi connectivity index (χ1n) is 4.26. The number of halogens is 2. The van der Waals surface area contributed by atoms with Crippen LogP contribution in [0.15, 0.2) is 24.3 Å². The van der Waals surface area contributed by atoms with Crippen LogP contribution in [-0.2, 0) is 6.04 Å². The minimum atomic E-state index is -0.192. The summed E-state index contributed by atoms with van der Waals surface area (Å²) in [7, 11) is 0.553. The average molecular weight is 232 g/mol. The third-order valence-corrected chi connectivity index (χ3v) is 3.16. The highest BCUT2D eigenvalue weighted by atomic mass is 35.5. The summed E-state index contributed by atoms with van der Waals surface area (Å²) in [5, 5.41) is -0.192. The minimum absolute atomic E-state index is 0. The lowest BCUT2D eigenvalue weighted by Gasteiger charge is -2.16. The summed E-state index contributed by atoms with van der Waals surface area (Å²) < 4.78 is 13.1. The zero-order valence-corrected chi connectivity index (χ0v) is 10.2. The molecule has 1 aromatic carbocycles. The van der Waals surface area contributed by atoms with Gasteiger partial charge in [0.2, 0.25) is 0 Å². The van der Waals surface area contributed by atoms with Gasteiger partial charge in [0.15, 0.2) is 0 Å². The molecular weight excluding hydrogens is 217 g/mol. The highest BCUT2D eigenvalue weighted by Crippen LogP contribution is 2.08. The van der Waals surface area contributed by atoms with Gasteiger partial charge in [-0.15, -0.1) is 12.4 Å². The fourth-order valence-electron chi connectivity index (χ4n) is 0.965. The summed E-state index contributed by atoms with van der Waals surface area (Å²) in [4.78, 5) is 0. The van der Waals surface area contributed by atoms with Crippen molar-refractivity contribution in [2.45, 2.75) is 25.1 Å². The molecule has 2 radical (unpaired) electrons. The first-order valence-corrected chi connectivity index (χ1v) is 5.47. The SMILES string of the molecule is CC(C)(N)[Si]Cc1ccccc1F.Cl. The van der Waals surface area contributed by atoms with Crippen molar-refractivity contribution in [1.82, 2.24) is 0 Å². The molecule has 0 atom stereocenters. The maximum absolute atomic E-state index is 13.1.